The van der Waals surface area contributed by atoms with Gasteiger partial charge in [0.15, 0.2) is 0 Å². The summed E-state index contributed by atoms with van der Waals surface area (Å²) in [6.07, 6.45) is 7.77. The van der Waals surface area contributed by atoms with E-state index in [4.69, 9.17) is 9.47 Å². The number of rotatable bonds is 3. The Kier molecular flexibility index (Phi) is 4.50. The predicted octanol–water partition coefficient (Wildman–Crippen LogP) is 2.18. The summed E-state index contributed by atoms with van der Waals surface area (Å²) in [5.41, 5.74) is 0. The van der Waals surface area contributed by atoms with Gasteiger partial charge in [0.25, 0.3) is 0 Å². The second-order valence-electron chi connectivity index (χ2n) is 6.00. The third kappa shape index (κ3) is 2.29. The van der Waals surface area contributed by atoms with E-state index in [1.165, 1.54) is 38.5 Å². The van der Waals surface area contributed by atoms with Crippen molar-refractivity contribution in [2.24, 2.45) is 0 Å². The van der Waals surface area contributed by atoms with Crippen LogP contribution in [0.5, 0.6) is 0 Å². The third-order valence-corrected chi connectivity index (χ3v) is 10.5. The topological polar surface area (TPSA) is 18.5 Å². The molecule has 0 radical (unpaired) electrons. The predicted molar refractivity (Wildman–Crippen MR) is 79.5 cm³/mol. The Bertz CT molecular complexity index is 249. The van der Waals surface area contributed by atoms with Gasteiger partial charge in [-0.2, -0.15) is 0 Å². The Hall–Kier alpha value is 0.354. The molecule has 2 aliphatic heterocycles. The first kappa shape index (κ1) is 13.8. The van der Waals surface area contributed by atoms with Gasteiger partial charge in [-0.25, -0.2) is 0 Å². The molecule has 0 spiro atoms. The van der Waals surface area contributed by atoms with Crippen LogP contribution in [0.2, 0.25) is 19.6 Å². The summed E-state index contributed by atoms with van der Waals surface area (Å²) >= 11 is 0. The van der Waals surface area contributed by atoms with Crippen LogP contribution in [0.15, 0.2) is 0 Å². The van der Waals surface area contributed by atoms with E-state index < -0.39 is 8.80 Å². The first-order valence-electron chi connectivity index (χ1n) is 7.45. The maximum atomic E-state index is 6.43. The van der Waals surface area contributed by atoms with E-state index in [0.717, 1.165) is 13.2 Å². The van der Waals surface area contributed by atoms with Gasteiger partial charge < -0.3 is 9.47 Å². The summed E-state index contributed by atoms with van der Waals surface area (Å²) in [7, 11) is -1.05. The lowest BCUT2D eigenvalue weighted by Crippen LogP contribution is -2.68. The van der Waals surface area contributed by atoms with Crippen molar-refractivity contribution in [3.05, 3.63) is 0 Å². The molecule has 2 unspecified atom stereocenters. The van der Waals surface area contributed by atoms with Crippen LogP contribution in [-0.2, 0) is 9.47 Å². The van der Waals surface area contributed by atoms with Gasteiger partial charge in [-0.1, -0.05) is 19.6 Å². The average molecular weight is 274 g/mol. The highest BCUT2D eigenvalue weighted by molar-refractivity contribution is 6.62. The van der Waals surface area contributed by atoms with E-state index in [-0.39, 0.29) is 21.4 Å². The Labute approximate surface area is 111 Å². The molecule has 0 aromatic rings. The minimum atomic E-state index is -0.858. The van der Waals surface area contributed by atoms with Gasteiger partial charge in [-0.05, 0) is 38.5 Å². The number of hydrogen-bond acceptors (Lipinski definition) is 2. The standard InChI is InChI=1S/C13H28O2Si2/c1-16-12(8-4-6-10-14-12)13(17(2)3)9-5-7-11-15-13/h17H,4-11,16H2,1-3H3/p+1. The lowest BCUT2D eigenvalue weighted by Gasteiger charge is -2.55. The SMILES string of the molecule is C[SiH2]C1(C2([SiH](C)C)CCCCO2)CCCCO1.[H+]. The van der Waals surface area contributed by atoms with Crippen molar-refractivity contribution in [1.82, 2.24) is 0 Å². The summed E-state index contributed by atoms with van der Waals surface area (Å²) in [6, 6.07) is 0. The molecule has 2 fully saturated rings. The molecule has 17 heavy (non-hydrogen) atoms. The lowest BCUT2D eigenvalue weighted by atomic mass is 9.96. The molecular formula is C13H29O2Si2+. The van der Waals surface area contributed by atoms with Crippen molar-refractivity contribution < 1.29 is 10.9 Å². The van der Waals surface area contributed by atoms with Gasteiger partial charge in [-0.15, -0.1) is 0 Å². The van der Waals surface area contributed by atoms with Gasteiger partial charge in [0.1, 0.15) is 0 Å². The van der Waals surface area contributed by atoms with Gasteiger partial charge in [0.05, 0.1) is 28.8 Å². The van der Waals surface area contributed by atoms with Gasteiger partial charge in [0, 0.05) is 13.2 Å². The highest BCUT2D eigenvalue weighted by atomic mass is 28.3. The largest absolute Gasteiger partial charge is 1.00 e. The molecular weight excluding hydrogens is 244 g/mol. The highest BCUT2D eigenvalue weighted by Crippen LogP contribution is 2.43. The molecule has 0 N–H and O–H groups in total. The van der Waals surface area contributed by atoms with Crippen molar-refractivity contribution in [3.63, 3.8) is 0 Å². The minimum absolute atomic E-state index is 0. The Balaban J connectivity index is 0.00000162. The second-order valence-corrected chi connectivity index (χ2v) is 11.1. The molecule has 0 aromatic carbocycles. The Morgan fingerprint density at radius 1 is 1.00 bits per heavy atom. The van der Waals surface area contributed by atoms with E-state index in [9.17, 15) is 0 Å². The summed E-state index contributed by atoms with van der Waals surface area (Å²) in [5.74, 6) is 0. The van der Waals surface area contributed by atoms with Gasteiger partial charge in [-0.3, -0.25) is 0 Å². The van der Waals surface area contributed by atoms with E-state index in [1.807, 2.05) is 0 Å². The van der Waals surface area contributed by atoms with Crippen LogP contribution in [0, 0.1) is 0 Å². The summed E-state index contributed by atoms with van der Waals surface area (Å²) in [6.45, 7) is 9.32. The molecule has 0 bridgehead atoms. The van der Waals surface area contributed by atoms with Crippen molar-refractivity contribution in [2.75, 3.05) is 13.2 Å². The normalized spacial score (nSPS) is 40.2. The molecule has 4 heteroatoms. The van der Waals surface area contributed by atoms with Crippen LogP contribution in [-0.4, -0.2) is 42.0 Å². The van der Waals surface area contributed by atoms with Crippen molar-refractivity contribution in [3.8, 4) is 0 Å². The van der Waals surface area contributed by atoms with Crippen LogP contribution < -0.4 is 0 Å². The second kappa shape index (κ2) is 5.55. The molecule has 2 saturated heterocycles. The fraction of sp³-hybridized carbons (Fsp3) is 1.00. The van der Waals surface area contributed by atoms with Gasteiger partial charge in [0.2, 0.25) is 0 Å². The number of hydrogen-bond donors (Lipinski definition) is 0. The zero-order valence-corrected chi connectivity index (χ0v) is 14.3. The van der Waals surface area contributed by atoms with Crippen molar-refractivity contribution in [2.45, 2.75) is 68.6 Å². The van der Waals surface area contributed by atoms with Crippen LogP contribution in [0.3, 0.4) is 0 Å². The molecule has 0 aromatic heterocycles. The van der Waals surface area contributed by atoms with E-state index in [1.54, 1.807) is 0 Å². The molecule has 2 atom stereocenters. The average Bonchev–Trinajstić information content (AvgIpc) is 2.40. The monoisotopic (exact) mass is 273 g/mol. The zero-order valence-electron chi connectivity index (χ0n) is 12.8. The summed E-state index contributed by atoms with van der Waals surface area (Å²) in [4.78, 5) is 0. The minimum Gasteiger partial charge on any atom is -0.377 e. The smallest absolute Gasteiger partial charge is 0.377 e. The molecule has 2 aliphatic rings. The van der Waals surface area contributed by atoms with E-state index >= 15 is 0 Å². The van der Waals surface area contributed by atoms with Crippen LogP contribution in [0.25, 0.3) is 0 Å². The zero-order chi connectivity index (χ0) is 12.4. The third-order valence-electron chi connectivity index (χ3n) is 4.93. The molecule has 2 heterocycles. The van der Waals surface area contributed by atoms with Crippen LogP contribution >= 0.6 is 0 Å². The molecule has 0 amide bonds. The molecule has 100 valence electrons. The fourth-order valence-corrected chi connectivity index (χ4v) is 10.1. The molecule has 2 rings (SSSR count). The molecule has 2 nitrogen and oxygen atoms in total. The van der Waals surface area contributed by atoms with Crippen molar-refractivity contribution >= 4 is 18.3 Å². The molecule has 0 aliphatic carbocycles. The Morgan fingerprint density at radius 2 is 1.65 bits per heavy atom. The number of ether oxygens (including phenoxy) is 2. The lowest BCUT2D eigenvalue weighted by molar-refractivity contribution is -0.162. The maximum absolute atomic E-state index is 6.43. The first-order chi connectivity index (χ1) is 8.17. The quantitative estimate of drug-likeness (QED) is 0.734. The molecule has 0 saturated carbocycles. The summed E-state index contributed by atoms with van der Waals surface area (Å²) in [5, 5.41) is 0.360. The maximum Gasteiger partial charge on any atom is 1.00 e. The van der Waals surface area contributed by atoms with E-state index in [2.05, 4.69) is 19.6 Å². The van der Waals surface area contributed by atoms with E-state index in [0.29, 0.717) is 0 Å². The summed E-state index contributed by atoms with van der Waals surface area (Å²) < 4.78 is 12.8. The van der Waals surface area contributed by atoms with Crippen LogP contribution in [0.1, 0.15) is 40.0 Å². The van der Waals surface area contributed by atoms with Crippen LogP contribution in [0.4, 0.5) is 0 Å². The fourth-order valence-electron chi connectivity index (χ4n) is 3.92. The highest BCUT2D eigenvalue weighted by Gasteiger charge is 2.55. The first-order valence-corrected chi connectivity index (χ1v) is 12.5. The Morgan fingerprint density at radius 3 is 2.06 bits per heavy atom. The van der Waals surface area contributed by atoms with Crippen molar-refractivity contribution in [1.29, 1.82) is 0 Å². The van der Waals surface area contributed by atoms with Gasteiger partial charge >= 0.3 is 1.43 Å².